The monoisotopic (exact) mass is 376 g/mol. The van der Waals surface area contributed by atoms with Crippen LogP contribution < -0.4 is 10.2 Å². The zero-order chi connectivity index (χ0) is 19.0. The summed E-state index contributed by atoms with van der Waals surface area (Å²) in [6, 6.07) is 17.0. The number of nitrogens with one attached hydrogen (secondary N) is 2. The molecule has 0 spiro atoms. The number of hydrogen-bond acceptors (Lipinski definition) is 2. The van der Waals surface area contributed by atoms with Crippen LogP contribution in [0, 0.1) is 13.8 Å². The highest BCUT2D eigenvalue weighted by Crippen LogP contribution is 2.42. The van der Waals surface area contributed by atoms with Crippen LogP contribution in [0.25, 0.3) is 0 Å². The largest absolute Gasteiger partial charge is 0.362 e. The third-order valence-corrected chi connectivity index (χ3v) is 5.54. The molecule has 27 heavy (non-hydrogen) atoms. The number of aromatic amines is 1. The molecule has 1 aromatic carbocycles. The number of aromatic nitrogens is 2. The number of aryl methyl sites for hydroxylation is 3. The highest BCUT2D eigenvalue weighted by molar-refractivity contribution is 7.80. The molecule has 0 bridgehead atoms. The third kappa shape index (κ3) is 3.23. The first-order chi connectivity index (χ1) is 13.1. The molecule has 0 radical (unpaired) electrons. The summed E-state index contributed by atoms with van der Waals surface area (Å²) in [5.74, 6) is 0. The zero-order valence-electron chi connectivity index (χ0n) is 15.9. The molecule has 4 rings (SSSR count). The summed E-state index contributed by atoms with van der Waals surface area (Å²) < 4.78 is 0. The number of benzene rings is 1. The summed E-state index contributed by atoms with van der Waals surface area (Å²) in [6.45, 7) is 6.38. The Kier molecular flexibility index (Phi) is 4.70. The van der Waals surface area contributed by atoms with Gasteiger partial charge < -0.3 is 15.2 Å². The topological polar surface area (TPSA) is 44.0 Å². The maximum atomic E-state index is 5.76. The number of rotatable bonds is 4. The first-order valence-corrected chi connectivity index (χ1v) is 9.75. The van der Waals surface area contributed by atoms with E-state index in [0.717, 1.165) is 28.6 Å². The van der Waals surface area contributed by atoms with Gasteiger partial charge in [0.05, 0.1) is 17.8 Å². The Morgan fingerprint density at radius 3 is 2.48 bits per heavy atom. The van der Waals surface area contributed by atoms with Gasteiger partial charge in [0.2, 0.25) is 0 Å². The van der Waals surface area contributed by atoms with Gasteiger partial charge >= 0.3 is 0 Å². The Morgan fingerprint density at radius 2 is 1.89 bits per heavy atom. The summed E-state index contributed by atoms with van der Waals surface area (Å²) in [7, 11) is 0. The van der Waals surface area contributed by atoms with Crippen molar-refractivity contribution in [3.05, 3.63) is 82.9 Å². The lowest BCUT2D eigenvalue weighted by Gasteiger charge is -2.28. The fourth-order valence-corrected chi connectivity index (χ4v) is 4.24. The van der Waals surface area contributed by atoms with Crippen LogP contribution in [0.3, 0.4) is 0 Å². The smallest absolute Gasteiger partial charge is 0.174 e. The molecule has 1 fully saturated rings. The number of hydrogen-bond donors (Lipinski definition) is 2. The summed E-state index contributed by atoms with van der Waals surface area (Å²) in [4.78, 5) is 10.3. The molecule has 2 aromatic heterocycles. The van der Waals surface area contributed by atoms with Gasteiger partial charge in [-0.15, -0.1) is 0 Å². The van der Waals surface area contributed by atoms with Gasteiger partial charge in [-0.05, 0) is 73.9 Å². The van der Waals surface area contributed by atoms with Crippen LogP contribution in [0.15, 0.2) is 54.7 Å². The van der Waals surface area contributed by atoms with Crippen molar-refractivity contribution >= 4 is 23.0 Å². The Bertz CT molecular complexity index is 946. The summed E-state index contributed by atoms with van der Waals surface area (Å²) in [5.41, 5.74) is 6.99. The minimum absolute atomic E-state index is 0.00143. The van der Waals surface area contributed by atoms with E-state index in [2.05, 4.69) is 77.4 Å². The lowest BCUT2D eigenvalue weighted by molar-refractivity contribution is 0.566. The van der Waals surface area contributed by atoms with Gasteiger partial charge in [-0.3, -0.25) is 4.98 Å². The van der Waals surface area contributed by atoms with Crippen LogP contribution in [0.2, 0.25) is 0 Å². The van der Waals surface area contributed by atoms with E-state index in [0.29, 0.717) is 0 Å². The van der Waals surface area contributed by atoms with Crippen molar-refractivity contribution in [2.45, 2.75) is 39.3 Å². The molecular weight excluding hydrogens is 352 g/mol. The maximum Gasteiger partial charge on any atom is 0.174 e. The minimum Gasteiger partial charge on any atom is -0.362 e. The second-order valence-electron chi connectivity index (χ2n) is 7.05. The van der Waals surface area contributed by atoms with Crippen molar-refractivity contribution in [1.82, 2.24) is 15.3 Å². The molecular formula is C22H24N4S. The lowest BCUT2D eigenvalue weighted by Crippen LogP contribution is -2.29. The molecule has 0 saturated carbocycles. The SMILES string of the molecule is CCc1ccc(N2C(=S)N[C@H](c3ccccn3)[C@H]2c2cc(C)[nH]c2C)cc1. The molecule has 3 aromatic rings. The number of thiocarbonyl (C=S) groups is 1. The van der Waals surface area contributed by atoms with Gasteiger partial charge in [0.15, 0.2) is 5.11 Å². The van der Waals surface area contributed by atoms with Crippen LogP contribution >= 0.6 is 12.2 Å². The quantitative estimate of drug-likeness (QED) is 0.644. The molecule has 1 aliphatic rings. The normalized spacial score (nSPS) is 19.4. The van der Waals surface area contributed by atoms with E-state index in [1.807, 2.05) is 18.3 Å². The molecule has 2 atom stereocenters. The van der Waals surface area contributed by atoms with Crippen molar-refractivity contribution in [1.29, 1.82) is 0 Å². The number of nitrogens with zero attached hydrogens (tertiary/aromatic N) is 2. The Balaban J connectivity index is 1.83. The first kappa shape index (κ1) is 17.7. The standard InChI is InChI=1S/C22H24N4S/c1-4-16-8-10-17(11-9-16)26-21(18-13-14(2)24-15(18)3)20(25-22(26)27)19-7-5-6-12-23-19/h5-13,20-21,24H,4H2,1-3H3,(H,25,27)/t20-,21-/m1/s1. The fourth-order valence-electron chi connectivity index (χ4n) is 3.89. The van der Waals surface area contributed by atoms with Crippen LogP contribution in [-0.4, -0.2) is 15.1 Å². The van der Waals surface area contributed by atoms with E-state index < -0.39 is 0 Å². The Morgan fingerprint density at radius 1 is 1.11 bits per heavy atom. The van der Waals surface area contributed by atoms with Gasteiger partial charge in [-0.2, -0.15) is 0 Å². The third-order valence-electron chi connectivity index (χ3n) is 5.23. The Labute approximate surface area is 165 Å². The van der Waals surface area contributed by atoms with Crippen LogP contribution in [0.5, 0.6) is 0 Å². The molecule has 0 amide bonds. The van der Waals surface area contributed by atoms with E-state index in [4.69, 9.17) is 12.2 Å². The van der Waals surface area contributed by atoms with E-state index in [9.17, 15) is 0 Å². The van der Waals surface area contributed by atoms with Crippen molar-refractivity contribution < 1.29 is 0 Å². The average Bonchev–Trinajstić information content (AvgIpc) is 3.20. The van der Waals surface area contributed by atoms with E-state index in [-0.39, 0.29) is 12.1 Å². The maximum absolute atomic E-state index is 5.76. The summed E-state index contributed by atoms with van der Waals surface area (Å²) in [5, 5.41) is 4.25. The predicted octanol–water partition coefficient (Wildman–Crippen LogP) is 4.77. The molecule has 4 nitrogen and oxygen atoms in total. The number of pyridine rings is 1. The molecule has 0 unspecified atom stereocenters. The summed E-state index contributed by atoms with van der Waals surface area (Å²) >= 11 is 5.76. The van der Waals surface area contributed by atoms with Gasteiger partial charge in [-0.1, -0.05) is 25.1 Å². The molecule has 5 heteroatoms. The lowest BCUT2D eigenvalue weighted by atomic mass is 9.96. The fraction of sp³-hybridized carbons (Fsp3) is 0.273. The number of anilines is 1. The van der Waals surface area contributed by atoms with Crippen LogP contribution in [0.1, 0.15) is 47.2 Å². The van der Waals surface area contributed by atoms with Crippen molar-refractivity contribution in [2.24, 2.45) is 0 Å². The molecule has 3 heterocycles. The second-order valence-corrected chi connectivity index (χ2v) is 7.44. The predicted molar refractivity (Wildman–Crippen MR) is 114 cm³/mol. The zero-order valence-corrected chi connectivity index (χ0v) is 16.7. The molecule has 138 valence electrons. The highest BCUT2D eigenvalue weighted by Gasteiger charge is 2.41. The van der Waals surface area contributed by atoms with E-state index >= 15 is 0 Å². The van der Waals surface area contributed by atoms with Crippen LogP contribution in [0.4, 0.5) is 5.69 Å². The highest BCUT2D eigenvalue weighted by atomic mass is 32.1. The van der Waals surface area contributed by atoms with Crippen LogP contribution in [-0.2, 0) is 6.42 Å². The molecule has 2 N–H and O–H groups in total. The van der Waals surface area contributed by atoms with E-state index in [1.54, 1.807) is 0 Å². The number of H-pyrrole nitrogens is 1. The van der Waals surface area contributed by atoms with Gasteiger partial charge in [0, 0.05) is 23.3 Å². The summed E-state index contributed by atoms with van der Waals surface area (Å²) in [6.07, 6.45) is 2.87. The second kappa shape index (κ2) is 7.16. The molecule has 1 aliphatic heterocycles. The van der Waals surface area contributed by atoms with Gasteiger partial charge in [-0.25, -0.2) is 0 Å². The first-order valence-electron chi connectivity index (χ1n) is 9.34. The van der Waals surface area contributed by atoms with Crippen molar-refractivity contribution in [3.8, 4) is 0 Å². The van der Waals surface area contributed by atoms with Crippen molar-refractivity contribution in [3.63, 3.8) is 0 Å². The Hall–Kier alpha value is -2.66. The van der Waals surface area contributed by atoms with Gasteiger partial charge in [0.1, 0.15) is 0 Å². The van der Waals surface area contributed by atoms with Crippen molar-refractivity contribution in [2.75, 3.05) is 4.90 Å². The average molecular weight is 377 g/mol. The van der Waals surface area contributed by atoms with E-state index in [1.165, 1.54) is 16.8 Å². The molecule has 0 aliphatic carbocycles. The minimum atomic E-state index is -0.00143. The van der Waals surface area contributed by atoms with Gasteiger partial charge in [0.25, 0.3) is 0 Å². The molecule has 1 saturated heterocycles.